The van der Waals surface area contributed by atoms with Gasteiger partial charge in [0, 0.05) is 12.3 Å². The van der Waals surface area contributed by atoms with Crippen LogP contribution in [0.25, 0.3) is 5.69 Å². The molecule has 1 heterocycles. The maximum Gasteiger partial charge on any atom is 0.221 e. The van der Waals surface area contributed by atoms with Gasteiger partial charge < -0.3 is 5.32 Å². The summed E-state index contributed by atoms with van der Waals surface area (Å²) in [5.74, 6) is -0.149. The molecule has 1 aromatic heterocycles. The third kappa shape index (κ3) is 4.57. The smallest absolute Gasteiger partial charge is 0.221 e. The summed E-state index contributed by atoms with van der Waals surface area (Å²) < 4.78 is 14.9. The normalized spacial score (nSPS) is 10.9. The van der Waals surface area contributed by atoms with Crippen molar-refractivity contribution >= 4 is 5.91 Å². The second-order valence-electron chi connectivity index (χ2n) is 6.84. The lowest BCUT2D eigenvalue weighted by Crippen LogP contribution is -2.26. The number of hydrogen-bond acceptors (Lipinski definition) is 4. The van der Waals surface area contributed by atoms with Crippen molar-refractivity contribution in [2.75, 3.05) is 0 Å². The van der Waals surface area contributed by atoms with E-state index in [1.54, 1.807) is 12.1 Å². The Morgan fingerprint density at radius 1 is 0.933 bits per heavy atom. The van der Waals surface area contributed by atoms with Crippen LogP contribution in [-0.4, -0.2) is 26.1 Å². The predicted molar refractivity (Wildman–Crippen MR) is 110 cm³/mol. The SMILES string of the molecule is O=C(CC(c1ccccc1)c1ccccc1)NCc1nnnn1-c1cccc(F)c1. The summed E-state index contributed by atoms with van der Waals surface area (Å²) >= 11 is 0. The quantitative estimate of drug-likeness (QED) is 0.513. The van der Waals surface area contributed by atoms with E-state index in [-0.39, 0.29) is 30.6 Å². The van der Waals surface area contributed by atoms with Crippen LogP contribution in [0.2, 0.25) is 0 Å². The summed E-state index contributed by atoms with van der Waals surface area (Å²) in [4.78, 5) is 12.7. The maximum atomic E-state index is 13.5. The number of rotatable bonds is 7. The second-order valence-corrected chi connectivity index (χ2v) is 6.84. The van der Waals surface area contributed by atoms with E-state index in [9.17, 15) is 9.18 Å². The maximum absolute atomic E-state index is 13.5. The zero-order chi connectivity index (χ0) is 20.8. The van der Waals surface area contributed by atoms with Crippen molar-refractivity contribution < 1.29 is 9.18 Å². The highest BCUT2D eigenvalue weighted by Crippen LogP contribution is 2.27. The molecule has 3 aromatic carbocycles. The monoisotopic (exact) mass is 401 g/mol. The van der Waals surface area contributed by atoms with Gasteiger partial charge in [0.25, 0.3) is 0 Å². The molecule has 0 bridgehead atoms. The molecule has 0 aliphatic carbocycles. The summed E-state index contributed by atoms with van der Waals surface area (Å²) in [5.41, 5.74) is 2.64. The van der Waals surface area contributed by atoms with Gasteiger partial charge in [-0.05, 0) is 39.8 Å². The first kappa shape index (κ1) is 19.4. The lowest BCUT2D eigenvalue weighted by Gasteiger charge is -2.18. The Morgan fingerprint density at radius 2 is 1.60 bits per heavy atom. The average Bonchev–Trinajstić information content (AvgIpc) is 3.26. The van der Waals surface area contributed by atoms with Crippen molar-refractivity contribution in [3.8, 4) is 5.69 Å². The minimum atomic E-state index is -0.383. The first-order valence-corrected chi connectivity index (χ1v) is 9.60. The van der Waals surface area contributed by atoms with Crippen LogP contribution >= 0.6 is 0 Å². The average molecular weight is 401 g/mol. The summed E-state index contributed by atoms with van der Waals surface area (Å²) in [5, 5.41) is 14.4. The third-order valence-corrected chi connectivity index (χ3v) is 4.82. The Bertz CT molecular complexity index is 1080. The first-order chi connectivity index (χ1) is 14.7. The molecular weight excluding hydrogens is 381 g/mol. The fraction of sp³-hybridized carbons (Fsp3) is 0.130. The molecule has 150 valence electrons. The van der Waals surface area contributed by atoms with Crippen LogP contribution in [0.3, 0.4) is 0 Å². The highest BCUT2D eigenvalue weighted by Gasteiger charge is 2.19. The zero-order valence-electron chi connectivity index (χ0n) is 16.1. The van der Waals surface area contributed by atoms with Crippen LogP contribution in [0.5, 0.6) is 0 Å². The van der Waals surface area contributed by atoms with Crippen molar-refractivity contribution in [3.63, 3.8) is 0 Å². The van der Waals surface area contributed by atoms with Gasteiger partial charge in [0.1, 0.15) is 5.82 Å². The molecule has 4 aromatic rings. The number of halogens is 1. The number of aromatic nitrogens is 4. The van der Waals surface area contributed by atoms with Gasteiger partial charge in [0.05, 0.1) is 12.2 Å². The molecule has 1 N–H and O–H groups in total. The molecule has 1 amide bonds. The third-order valence-electron chi connectivity index (χ3n) is 4.82. The largest absolute Gasteiger partial charge is 0.349 e. The molecule has 4 rings (SSSR count). The van der Waals surface area contributed by atoms with Gasteiger partial charge >= 0.3 is 0 Å². The Labute approximate surface area is 173 Å². The molecule has 0 saturated carbocycles. The summed E-state index contributed by atoms with van der Waals surface area (Å²) in [7, 11) is 0. The minimum absolute atomic E-state index is 0.0633. The van der Waals surface area contributed by atoms with Gasteiger partial charge in [-0.3, -0.25) is 4.79 Å². The van der Waals surface area contributed by atoms with Crippen LogP contribution in [0, 0.1) is 5.82 Å². The fourth-order valence-corrected chi connectivity index (χ4v) is 3.36. The molecule has 0 spiro atoms. The van der Waals surface area contributed by atoms with Gasteiger partial charge in [0.15, 0.2) is 5.82 Å². The summed E-state index contributed by atoms with van der Waals surface area (Å²) in [6.45, 7) is 0.138. The van der Waals surface area contributed by atoms with E-state index in [1.165, 1.54) is 16.8 Å². The number of tetrazole rings is 1. The topological polar surface area (TPSA) is 72.7 Å². The highest BCUT2D eigenvalue weighted by atomic mass is 19.1. The molecule has 0 aliphatic rings. The van der Waals surface area contributed by atoms with E-state index < -0.39 is 0 Å². The lowest BCUT2D eigenvalue weighted by molar-refractivity contribution is -0.121. The van der Waals surface area contributed by atoms with Crippen molar-refractivity contribution in [1.82, 2.24) is 25.5 Å². The molecule has 0 fully saturated rings. The Kier molecular flexibility index (Phi) is 5.89. The van der Waals surface area contributed by atoms with E-state index in [0.717, 1.165) is 11.1 Å². The van der Waals surface area contributed by atoms with Gasteiger partial charge in [-0.15, -0.1) is 5.10 Å². The number of benzene rings is 3. The Balaban J connectivity index is 1.47. The Hall–Kier alpha value is -3.87. The summed E-state index contributed by atoms with van der Waals surface area (Å²) in [6.07, 6.45) is 0.287. The lowest BCUT2D eigenvalue weighted by atomic mass is 9.88. The molecule has 0 atom stereocenters. The molecule has 6 nitrogen and oxygen atoms in total. The van der Waals surface area contributed by atoms with Crippen LogP contribution in [0.1, 0.15) is 29.3 Å². The van der Waals surface area contributed by atoms with Gasteiger partial charge in [-0.2, -0.15) is 4.68 Å². The number of amides is 1. The first-order valence-electron chi connectivity index (χ1n) is 9.60. The van der Waals surface area contributed by atoms with Crippen molar-refractivity contribution in [2.45, 2.75) is 18.9 Å². The molecule has 0 saturated heterocycles. The molecule has 30 heavy (non-hydrogen) atoms. The van der Waals surface area contributed by atoms with E-state index in [1.807, 2.05) is 60.7 Å². The number of nitrogens with one attached hydrogen (secondary N) is 1. The molecule has 0 unspecified atom stereocenters. The Morgan fingerprint density at radius 3 is 2.23 bits per heavy atom. The second kappa shape index (κ2) is 9.09. The molecule has 0 radical (unpaired) electrons. The van der Waals surface area contributed by atoms with E-state index in [4.69, 9.17) is 0 Å². The van der Waals surface area contributed by atoms with Crippen LogP contribution < -0.4 is 5.32 Å². The van der Waals surface area contributed by atoms with Crippen molar-refractivity contribution in [3.05, 3.63) is 108 Å². The van der Waals surface area contributed by atoms with Gasteiger partial charge in [-0.1, -0.05) is 66.7 Å². The van der Waals surface area contributed by atoms with Crippen molar-refractivity contribution in [1.29, 1.82) is 0 Å². The minimum Gasteiger partial charge on any atom is -0.349 e. The van der Waals surface area contributed by atoms with E-state index >= 15 is 0 Å². The number of carbonyl (C=O) groups is 1. The van der Waals surface area contributed by atoms with Crippen LogP contribution in [0.15, 0.2) is 84.9 Å². The standard InChI is InChI=1S/C23H20FN5O/c24-19-12-7-13-20(14-19)29-22(26-27-28-29)16-25-23(30)15-21(17-8-3-1-4-9-17)18-10-5-2-6-11-18/h1-14,21H,15-16H2,(H,25,30). The summed E-state index contributed by atoms with van der Waals surface area (Å²) in [6, 6.07) is 25.8. The van der Waals surface area contributed by atoms with E-state index in [2.05, 4.69) is 20.8 Å². The number of carbonyl (C=O) groups excluding carboxylic acids is 1. The highest BCUT2D eigenvalue weighted by molar-refractivity contribution is 5.77. The van der Waals surface area contributed by atoms with E-state index in [0.29, 0.717) is 11.5 Å². The fourth-order valence-electron chi connectivity index (χ4n) is 3.36. The van der Waals surface area contributed by atoms with Crippen molar-refractivity contribution in [2.24, 2.45) is 0 Å². The van der Waals surface area contributed by atoms with Crippen LogP contribution in [-0.2, 0) is 11.3 Å². The van der Waals surface area contributed by atoms with Crippen LogP contribution in [0.4, 0.5) is 4.39 Å². The number of hydrogen-bond donors (Lipinski definition) is 1. The van der Waals surface area contributed by atoms with Gasteiger partial charge in [-0.25, -0.2) is 4.39 Å². The molecule has 7 heteroatoms. The number of nitrogens with zero attached hydrogens (tertiary/aromatic N) is 4. The molecule has 0 aliphatic heterocycles. The zero-order valence-corrected chi connectivity index (χ0v) is 16.1. The predicted octanol–water partition coefficient (Wildman–Crippen LogP) is 3.64. The molecular formula is C23H20FN5O. The van der Waals surface area contributed by atoms with Gasteiger partial charge in [0.2, 0.25) is 5.91 Å².